The molecular weight excluding hydrogens is 138 g/mol. The predicted octanol–water partition coefficient (Wildman–Crippen LogP) is 0.358. The zero-order chi connectivity index (χ0) is 7.64. The Hall–Kier alpha value is -0.0800. The molecule has 1 N–H and O–H groups in total. The van der Waals surface area contributed by atoms with Crippen LogP contribution in [-0.2, 0) is 0 Å². The van der Waals surface area contributed by atoms with Gasteiger partial charge in [-0.1, -0.05) is 0 Å². The molecule has 3 saturated heterocycles. The number of aliphatic hydroxyl groups is 1. The lowest BCUT2D eigenvalue weighted by Crippen LogP contribution is -2.75. The summed E-state index contributed by atoms with van der Waals surface area (Å²) in [6.45, 7) is 1.26. The number of fused-ring (bicyclic) bond motifs is 2. The molecule has 3 aliphatic rings. The van der Waals surface area contributed by atoms with E-state index in [2.05, 4.69) is 7.05 Å². The minimum atomic E-state index is 0.0486. The zero-order valence-electron chi connectivity index (χ0n) is 7.03. The summed E-state index contributed by atoms with van der Waals surface area (Å²) in [5, 5.41) is 9.70. The van der Waals surface area contributed by atoms with Gasteiger partial charge < -0.3 is 9.59 Å². The van der Waals surface area contributed by atoms with Crippen molar-refractivity contribution in [2.75, 3.05) is 13.6 Å². The second-order valence-electron chi connectivity index (χ2n) is 4.79. The Morgan fingerprint density at radius 1 is 1.36 bits per heavy atom. The van der Waals surface area contributed by atoms with Gasteiger partial charge in [0.15, 0.2) is 0 Å². The second-order valence-corrected chi connectivity index (χ2v) is 4.79. The number of hydrogen-bond acceptors (Lipinski definition) is 1. The van der Waals surface area contributed by atoms with Crippen molar-refractivity contribution in [1.82, 2.24) is 0 Å². The smallest absolute Gasteiger partial charge is 0.100 e. The predicted molar refractivity (Wildman–Crippen MR) is 42.0 cm³/mol. The van der Waals surface area contributed by atoms with Gasteiger partial charge in [0.2, 0.25) is 0 Å². The SMILES string of the molecule is C[N+]12C[C@H]3[C@@H](O)C[C@H]1CC[C@@H]32. The molecule has 0 aromatic carbocycles. The van der Waals surface area contributed by atoms with Crippen LogP contribution in [0.2, 0.25) is 0 Å². The number of rotatable bonds is 0. The Morgan fingerprint density at radius 3 is 2.91 bits per heavy atom. The van der Waals surface area contributed by atoms with Crippen LogP contribution in [0.4, 0.5) is 0 Å². The van der Waals surface area contributed by atoms with Crippen molar-refractivity contribution in [1.29, 1.82) is 0 Å². The first-order chi connectivity index (χ1) is 5.22. The summed E-state index contributed by atoms with van der Waals surface area (Å²) in [7, 11) is 2.38. The Bertz CT molecular complexity index is 198. The van der Waals surface area contributed by atoms with Gasteiger partial charge in [0.1, 0.15) is 6.04 Å². The van der Waals surface area contributed by atoms with Gasteiger partial charge in [0.05, 0.1) is 31.7 Å². The fraction of sp³-hybridized carbons (Fsp3) is 1.00. The molecule has 2 heteroatoms. The molecule has 1 unspecified atom stereocenters. The summed E-state index contributed by atoms with van der Waals surface area (Å²) in [6.07, 6.45) is 3.88. The van der Waals surface area contributed by atoms with E-state index in [1.807, 2.05) is 0 Å². The topological polar surface area (TPSA) is 20.2 Å². The van der Waals surface area contributed by atoms with Crippen LogP contribution in [0.5, 0.6) is 0 Å². The summed E-state index contributed by atoms with van der Waals surface area (Å²) < 4.78 is 1.31. The first kappa shape index (κ1) is 6.44. The number of hydrogen-bond donors (Lipinski definition) is 1. The van der Waals surface area contributed by atoms with Crippen LogP contribution >= 0.6 is 0 Å². The van der Waals surface area contributed by atoms with Crippen molar-refractivity contribution >= 4 is 0 Å². The molecule has 11 heavy (non-hydrogen) atoms. The van der Waals surface area contributed by atoms with E-state index in [1.54, 1.807) is 0 Å². The van der Waals surface area contributed by atoms with Crippen molar-refractivity contribution in [2.24, 2.45) is 5.92 Å². The van der Waals surface area contributed by atoms with E-state index in [0.29, 0.717) is 5.92 Å². The van der Waals surface area contributed by atoms with Gasteiger partial charge in [-0.2, -0.15) is 0 Å². The van der Waals surface area contributed by atoms with Crippen molar-refractivity contribution in [2.45, 2.75) is 37.5 Å². The summed E-state index contributed by atoms with van der Waals surface area (Å²) in [6, 6.07) is 1.64. The molecule has 0 amide bonds. The quantitative estimate of drug-likeness (QED) is 0.499. The van der Waals surface area contributed by atoms with Gasteiger partial charge in [-0.3, -0.25) is 0 Å². The molecular formula is C9H16NO+. The highest BCUT2D eigenvalue weighted by molar-refractivity contribution is 4.98. The molecule has 62 valence electrons. The molecule has 3 aliphatic heterocycles. The fourth-order valence-corrected chi connectivity index (χ4v) is 3.79. The van der Waals surface area contributed by atoms with Crippen LogP contribution < -0.4 is 0 Å². The standard InChI is InChI=1S/C9H16NO/c1-10-5-7-8(10)3-2-6(10)4-9(7)11/h6-9,11H,2-5H2,1H3/q+1/t6-,7-,8+,9+,10?/m1/s1. The van der Waals surface area contributed by atoms with E-state index in [-0.39, 0.29) is 6.10 Å². The molecule has 3 fully saturated rings. The summed E-state index contributed by atoms with van der Waals surface area (Å²) >= 11 is 0. The minimum absolute atomic E-state index is 0.0486. The average molecular weight is 154 g/mol. The highest BCUT2D eigenvalue weighted by Crippen LogP contribution is 2.52. The Labute approximate surface area is 67.4 Å². The molecule has 3 heterocycles. The highest BCUT2D eigenvalue weighted by atomic mass is 16.3. The van der Waals surface area contributed by atoms with Crippen molar-refractivity contribution in [3.05, 3.63) is 0 Å². The van der Waals surface area contributed by atoms with E-state index in [9.17, 15) is 5.11 Å². The molecule has 0 radical (unpaired) electrons. The van der Waals surface area contributed by atoms with E-state index >= 15 is 0 Å². The lowest BCUT2D eigenvalue weighted by atomic mass is 9.76. The van der Waals surface area contributed by atoms with Crippen LogP contribution in [-0.4, -0.2) is 41.4 Å². The maximum Gasteiger partial charge on any atom is 0.100 e. The number of quaternary nitrogens is 1. The monoisotopic (exact) mass is 154 g/mol. The van der Waals surface area contributed by atoms with Crippen molar-refractivity contribution < 1.29 is 9.59 Å². The van der Waals surface area contributed by atoms with E-state index < -0.39 is 0 Å². The first-order valence-electron chi connectivity index (χ1n) is 4.75. The molecule has 0 spiro atoms. The lowest BCUT2D eigenvalue weighted by molar-refractivity contribution is -1.00. The Kier molecular flexibility index (Phi) is 0.961. The molecule has 2 nitrogen and oxygen atoms in total. The Balaban J connectivity index is 1.99. The zero-order valence-corrected chi connectivity index (χ0v) is 7.03. The van der Waals surface area contributed by atoms with Gasteiger partial charge in [-0.25, -0.2) is 0 Å². The Morgan fingerprint density at radius 2 is 2.18 bits per heavy atom. The number of piperidine rings is 2. The van der Waals surface area contributed by atoms with Gasteiger partial charge >= 0.3 is 0 Å². The van der Waals surface area contributed by atoms with Crippen molar-refractivity contribution in [3.63, 3.8) is 0 Å². The summed E-state index contributed by atoms with van der Waals surface area (Å²) in [5.41, 5.74) is 0. The van der Waals surface area contributed by atoms with Crippen LogP contribution in [0, 0.1) is 5.92 Å². The summed E-state index contributed by atoms with van der Waals surface area (Å²) in [4.78, 5) is 0. The van der Waals surface area contributed by atoms with Gasteiger partial charge in [-0.15, -0.1) is 0 Å². The van der Waals surface area contributed by atoms with Crippen LogP contribution in [0.15, 0.2) is 0 Å². The van der Waals surface area contributed by atoms with Crippen LogP contribution in [0.3, 0.4) is 0 Å². The molecule has 0 saturated carbocycles. The maximum absolute atomic E-state index is 9.70. The molecule has 0 aromatic heterocycles. The lowest BCUT2D eigenvalue weighted by Gasteiger charge is -2.59. The first-order valence-corrected chi connectivity index (χ1v) is 4.75. The molecule has 0 aliphatic carbocycles. The van der Waals surface area contributed by atoms with Gasteiger partial charge in [-0.05, 0) is 0 Å². The maximum atomic E-state index is 9.70. The summed E-state index contributed by atoms with van der Waals surface area (Å²) in [5.74, 6) is 0.666. The van der Waals surface area contributed by atoms with Crippen LogP contribution in [0.1, 0.15) is 19.3 Å². The van der Waals surface area contributed by atoms with Gasteiger partial charge in [0, 0.05) is 19.3 Å². The normalized spacial score (nSPS) is 66.0. The largest absolute Gasteiger partial charge is 0.392 e. The van der Waals surface area contributed by atoms with Gasteiger partial charge in [0.25, 0.3) is 0 Å². The molecule has 0 aromatic rings. The average Bonchev–Trinajstić information content (AvgIpc) is 2.14. The second kappa shape index (κ2) is 1.64. The molecule has 5 atom stereocenters. The van der Waals surface area contributed by atoms with Crippen molar-refractivity contribution in [3.8, 4) is 0 Å². The molecule has 2 bridgehead atoms. The highest BCUT2D eigenvalue weighted by Gasteiger charge is 2.65. The third-order valence-electron chi connectivity index (χ3n) is 4.49. The number of nitrogens with zero attached hydrogens (tertiary/aromatic N) is 1. The third-order valence-corrected chi connectivity index (χ3v) is 4.49. The van der Waals surface area contributed by atoms with E-state index in [1.165, 1.54) is 23.9 Å². The fourth-order valence-electron chi connectivity index (χ4n) is 3.79. The van der Waals surface area contributed by atoms with E-state index in [4.69, 9.17) is 0 Å². The minimum Gasteiger partial charge on any atom is -0.392 e. The third kappa shape index (κ3) is 0.541. The van der Waals surface area contributed by atoms with Crippen LogP contribution in [0.25, 0.3) is 0 Å². The molecule has 3 rings (SSSR count). The van der Waals surface area contributed by atoms with E-state index in [0.717, 1.165) is 18.5 Å². The number of aliphatic hydroxyl groups excluding tert-OH is 1.